The van der Waals surface area contributed by atoms with Crippen molar-refractivity contribution in [2.24, 2.45) is 0 Å². The molecule has 0 unspecified atom stereocenters. The van der Waals surface area contributed by atoms with Crippen molar-refractivity contribution in [3.63, 3.8) is 0 Å². The Morgan fingerprint density at radius 1 is 1.09 bits per heavy atom. The van der Waals surface area contributed by atoms with E-state index in [4.69, 9.17) is 11.6 Å². The van der Waals surface area contributed by atoms with Crippen LogP contribution in [0, 0.1) is 0 Å². The van der Waals surface area contributed by atoms with Crippen molar-refractivity contribution in [3.8, 4) is 0 Å². The molecule has 4 rings (SSSR count). The molecule has 0 fully saturated rings. The Morgan fingerprint density at radius 3 is 2.54 bits per heavy atom. The number of carbonyl (C=O) groups is 2. The summed E-state index contributed by atoms with van der Waals surface area (Å²) in [6.07, 6.45) is 3.92. The number of fused-ring (bicyclic) bond motifs is 1. The van der Waals surface area contributed by atoms with Gasteiger partial charge in [0.1, 0.15) is 18.1 Å². The third-order valence-electron chi connectivity index (χ3n) is 5.94. The highest BCUT2D eigenvalue weighted by atomic mass is 35.5. The molecule has 0 aliphatic carbocycles. The predicted molar refractivity (Wildman–Crippen MR) is 136 cm³/mol. The highest BCUT2D eigenvalue weighted by molar-refractivity contribution is 6.34. The first-order valence-electron chi connectivity index (χ1n) is 11.4. The number of carbonyl (C=O) groups excluding carboxylic acids is 2. The standard InChI is InChI=1S/C26H27ClN6O2/c1-4-26(2,3)29-25(35)24(18-10-9-15-28-16-18)33(21-13-7-5-11-19(21)27)23(34)17-32-22-14-8-6-12-20(22)30-31-32/h5-16,24H,4,17H2,1-3H3,(H,29,35)/t24-/m1/s1. The first-order valence-corrected chi connectivity index (χ1v) is 11.8. The summed E-state index contributed by atoms with van der Waals surface area (Å²) < 4.78 is 1.52. The van der Waals surface area contributed by atoms with Crippen molar-refractivity contribution in [1.82, 2.24) is 25.3 Å². The molecule has 0 aliphatic heterocycles. The molecule has 4 aromatic rings. The van der Waals surface area contributed by atoms with E-state index in [0.29, 0.717) is 28.2 Å². The van der Waals surface area contributed by atoms with Crippen LogP contribution in [0.3, 0.4) is 0 Å². The van der Waals surface area contributed by atoms with Crippen LogP contribution in [-0.4, -0.2) is 37.3 Å². The van der Waals surface area contributed by atoms with E-state index in [1.807, 2.05) is 45.0 Å². The van der Waals surface area contributed by atoms with E-state index in [-0.39, 0.29) is 18.4 Å². The Morgan fingerprint density at radius 2 is 1.83 bits per heavy atom. The fraction of sp³-hybridized carbons (Fsp3) is 0.269. The number of aromatic nitrogens is 4. The summed E-state index contributed by atoms with van der Waals surface area (Å²) in [6, 6.07) is 16.9. The number of benzene rings is 2. The van der Waals surface area contributed by atoms with Crippen molar-refractivity contribution < 1.29 is 9.59 Å². The molecule has 1 atom stereocenters. The molecular formula is C26H27ClN6O2. The Hall–Kier alpha value is -3.78. The predicted octanol–water partition coefficient (Wildman–Crippen LogP) is 4.56. The van der Waals surface area contributed by atoms with Gasteiger partial charge in [0.15, 0.2) is 0 Å². The van der Waals surface area contributed by atoms with Gasteiger partial charge in [-0.2, -0.15) is 0 Å². The smallest absolute Gasteiger partial charge is 0.249 e. The minimum atomic E-state index is -1.00. The lowest BCUT2D eigenvalue weighted by molar-refractivity contribution is -0.128. The third kappa shape index (κ3) is 5.33. The fourth-order valence-corrected chi connectivity index (χ4v) is 3.98. The zero-order valence-corrected chi connectivity index (χ0v) is 20.6. The average molecular weight is 491 g/mol. The minimum absolute atomic E-state index is 0.132. The normalized spacial score (nSPS) is 12.3. The summed E-state index contributed by atoms with van der Waals surface area (Å²) in [7, 11) is 0. The van der Waals surface area contributed by atoms with Crippen LogP contribution >= 0.6 is 11.6 Å². The van der Waals surface area contributed by atoms with Crippen LogP contribution < -0.4 is 10.2 Å². The van der Waals surface area contributed by atoms with Crippen molar-refractivity contribution in [2.75, 3.05) is 4.90 Å². The average Bonchev–Trinajstić information content (AvgIpc) is 3.26. The quantitative estimate of drug-likeness (QED) is 0.391. The zero-order chi connectivity index (χ0) is 25.0. The lowest BCUT2D eigenvalue weighted by Gasteiger charge is -2.34. The number of halogens is 1. The van der Waals surface area contributed by atoms with Gasteiger partial charge in [0.25, 0.3) is 0 Å². The molecule has 1 N–H and O–H groups in total. The van der Waals surface area contributed by atoms with Gasteiger partial charge in [-0.25, -0.2) is 4.68 Å². The number of anilines is 1. The Balaban J connectivity index is 1.82. The Bertz CT molecular complexity index is 1340. The lowest BCUT2D eigenvalue weighted by Crippen LogP contribution is -2.51. The second kappa shape index (κ2) is 10.2. The summed E-state index contributed by atoms with van der Waals surface area (Å²) in [5, 5.41) is 11.7. The molecule has 0 spiro atoms. The number of pyridine rings is 1. The van der Waals surface area contributed by atoms with Gasteiger partial charge in [-0.05, 0) is 50.6 Å². The molecule has 2 heterocycles. The summed E-state index contributed by atoms with van der Waals surface area (Å²) in [4.78, 5) is 33.3. The lowest BCUT2D eigenvalue weighted by atomic mass is 9.99. The van der Waals surface area contributed by atoms with E-state index in [1.165, 1.54) is 9.58 Å². The zero-order valence-electron chi connectivity index (χ0n) is 19.9. The van der Waals surface area contributed by atoms with Crippen LogP contribution in [0.15, 0.2) is 73.1 Å². The van der Waals surface area contributed by atoms with E-state index >= 15 is 0 Å². The van der Waals surface area contributed by atoms with E-state index in [2.05, 4.69) is 20.6 Å². The van der Waals surface area contributed by atoms with Crippen LogP contribution in [-0.2, 0) is 16.1 Å². The highest BCUT2D eigenvalue weighted by Gasteiger charge is 2.36. The minimum Gasteiger partial charge on any atom is -0.349 e. The molecule has 9 heteroatoms. The van der Waals surface area contributed by atoms with Gasteiger partial charge < -0.3 is 5.32 Å². The summed E-state index contributed by atoms with van der Waals surface area (Å²) >= 11 is 6.56. The summed E-state index contributed by atoms with van der Waals surface area (Å²) in [5.41, 5.74) is 1.90. The molecule has 0 saturated heterocycles. The van der Waals surface area contributed by atoms with Gasteiger partial charge in [-0.1, -0.05) is 54.1 Å². The molecule has 8 nitrogen and oxygen atoms in total. The molecule has 0 radical (unpaired) electrons. The van der Waals surface area contributed by atoms with Gasteiger partial charge >= 0.3 is 0 Å². The number of amides is 2. The molecule has 0 aliphatic rings. The SMILES string of the molecule is CCC(C)(C)NC(=O)[C@@H](c1cccnc1)N(C(=O)Cn1nnc2ccccc21)c1ccccc1Cl. The number of hydrogen-bond donors (Lipinski definition) is 1. The maximum Gasteiger partial charge on any atom is 0.249 e. The van der Waals surface area contributed by atoms with Gasteiger partial charge in [0.05, 0.1) is 16.2 Å². The van der Waals surface area contributed by atoms with Crippen LogP contribution in [0.25, 0.3) is 11.0 Å². The van der Waals surface area contributed by atoms with Crippen LogP contribution in [0.1, 0.15) is 38.8 Å². The Labute approximate surface area is 208 Å². The maximum absolute atomic E-state index is 13.9. The molecular weight excluding hydrogens is 464 g/mol. The van der Waals surface area contributed by atoms with E-state index in [9.17, 15) is 9.59 Å². The van der Waals surface area contributed by atoms with E-state index in [0.717, 1.165) is 5.52 Å². The van der Waals surface area contributed by atoms with Crippen molar-refractivity contribution in [2.45, 2.75) is 45.3 Å². The molecule has 2 amide bonds. The largest absolute Gasteiger partial charge is 0.349 e. The van der Waals surface area contributed by atoms with Crippen molar-refractivity contribution in [1.29, 1.82) is 0 Å². The molecule has 2 aromatic carbocycles. The first kappa shape index (κ1) is 24.3. The Kier molecular flexibility index (Phi) is 7.12. The van der Waals surface area contributed by atoms with Crippen LogP contribution in [0.5, 0.6) is 0 Å². The van der Waals surface area contributed by atoms with E-state index in [1.54, 1.807) is 48.8 Å². The molecule has 0 saturated carbocycles. The number of nitrogens with zero attached hydrogens (tertiary/aromatic N) is 5. The van der Waals surface area contributed by atoms with Crippen LogP contribution in [0.4, 0.5) is 5.69 Å². The highest BCUT2D eigenvalue weighted by Crippen LogP contribution is 2.34. The topological polar surface area (TPSA) is 93.0 Å². The number of rotatable bonds is 8. The van der Waals surface area contributed by atoms with Gasteiger partial charge in [0.2, 0.25) is 11.8 Å². The van der Waals surface area contributed by atoms with Crippen LogP contribution in [0.2, 0.25) is 5.02 Å². The van der Waals surface area contributed by atoms with Crippen molar-refractivity contribution in [3.05, 3.63) is 83.6 Å². The van der Waals surface area contributed by atoms with Gasteiger partial charge in [-0.3, -0.25) is 19.5 Å². The van der Waals surface area contributed by atoms with Gasteiger partial charge in [-0.15, -0.1) is 5.10 Å². The number of nitrogens with one attached hydrogen (secondary N) is 1. The first-order chi connectivity index (χ1) is 16.8. The molecule has 2 aromatic heterocycles. The number of para-hydroxylation sites is 2. The van der Waals surface area contributed by atoms with E-state index < -0.39 is 11.6 Å². The fourth-order valence-electron chi connectivity index (χ4n) is 3.75. The monoisotopic (exact) mass is 490 g/mol. The summed E-state index contributed by atoms with van der Waals surface area (Å²) in [6.45, 7) is 5.74. The molecule has 35 heavy (non-hydrogen) atoms. The number of hydrogen-bond acceptors (Lipinski definition) is 5. The summed E-state index contributed by atoms with van der Waals surface area (Å²) in [5.74, 6) is -0.700. The molecule has 180 valence electrons. The molecule has 0 bridgehead atoms. The third-order valence-corrected chi connectivity index (χ3v) is 6.26. The second-order valence-corrected chi connectivity index (χ2v) is 9.27. The maximum atomic E-state index is 13.9. The van der Waals surface area contributed by atoms with Gasteiger partial charge in [0, 0.05) is 23.5 Å². The second-order valence-electron chi connectivity index (χ2n) is 8.87. The van der Waals surface area contributed by atoms with Crippen molar-refractivity contribution >= 4 is 40.1 Å².